The zero-order valence-corrected chi connectivity index (χ0v) is 10.0. The molecule has 1 amide bonds. The summed E-state index contributed by atoms with van der Waals surface area (Å²) >= 11 is 0. The number of ether oxygens (including phenoxy) is 1. The van der Waals surface area contributed by atoms with Crippen LogP contribution in [0.3, 0.4) is 0 Å². The van der Waals surface area contributed by atoms with Gasteiger partial charge >= 0.3 is 5.97 Å². The molecule has 0 saturated heterocycles. The fourth-order valence-corrected chi connectivity index (χ4v) is 1.25. The molecule has 0 aliphatic rings. The third-order valence-corrected chi connectivity index (χ3v) is 2.22. The Labute approximate surface area is 101 Å². The minimum absolute atomic E-state index is 0.172. The SMILES string of the molecule is C=CCC(NC(=O)C(N)CCCOC)C(=O)O. The molecule has 0 aromatic carbocycles. The number of carboxylic acid groups (broad SMARTS) is 1. The maximum Gasteiger partial charge on any atom is 0.326 e. The van der Waals surface area contributed by atoms with E-state index in [-0.39, 0.29) is 6.42 Å². The molecule has 98 valence electrons. The summed E-state index contributed by atoms with van der Waals surface area (Å²) in [6, 6.07) is -1.68. The number of hydrogen-bond donors (Lipinski definition) is 3. The Morgan fingerprint density at radius 3 is 2.71 bits per heavy atom. The van der Waals surface area contributed by atoms with E-state index in [4.69, 9.17) is 15.6 Å². The van der Waals surface area contributed by atoms with Crippen LogP contribution < -0.4 is 11.1 Å². The van der Waals surface area contributed by atoms with Gasteiger partial charge < -0.3 is 20.9 Å². The smallest absolute Gasteiger partial charge is 0.326 e. The van der Waals surface area contributed by atoms with Crippen LogP contribution in [-0.4, -0.2) is 42.8 Å². The Kier molecular flexibility index (Phi) is 8.00. The van der Waals surface area contributed by atoms with Crippen LogP contribution >= 0.6 is 0 Å². The van der Waals surface area contributed by atoms with E-state index in [2.05, 4.69) is 11.9 Å². The van der Waals surface area contributed by atoms with Crippen LogP contribution in [-0.2, 0) is 14.3 Å². The van der Waals surface area contributed by atoms with Gasteiger partial charge in [-0.3, -0.25) is 4.79 Å². The maximum absolute atomic E-state index is 11.6. The molecule has 4 N–H and O–H groups in total. The number of hydrogen-bond acceptors (Lipinski definition) is 4. The van der Waals surface area contributed by atoms with Crippen LogP contribution in [0.4, 0.5) is 0 Å². The minimum Gasteiger partial charge on any atom is -0.480 e. The molecule has 0 aromatic rings. The lowest BCUT2D eigenvalue weighted by Crippen LogP contribution is -2.48. The summed E-state index contributed by atoms with van der Waals surface area (Å²) in [7, 11) is 1.57. The average Bonchev–Trinajstić information content (AvgIpc) is 2.28. The lowest BCUT2D eigenvalue weighted by atomic mass is 10.1. The highest BCUT2D eigenvalue weighted by molar-refractivity contribution is 5.86. The number of amides is 1. The van der Waals surface area contributed by atoms with Crippen molar-refractivity contribution >= 4 is 11.9 Å². The molecular formula is C11H20N2O4. The average molecular weight is 244 g/mol. The van der Waals surface area contributed by atoms with Crippen molar-refractivity contribution in [2.75, 3.05) is 13.7 Å². The second kappa shape index (κ2) is 8.72. The van der Waals surface area contributed by atoms with Crippen molar-refractivity contribution in [2.45, 2.75) is 31.3 Å². The fourth-order valence-electron chi connectivity index (χ4n) is 1.25. The van der Waals surface area contributed by atoms with E-state index in [0.717, 1.165) is 0 Å². The summed E-state index contributed by atoms with van der Waals surface area (Å²) in [6.45, 7) is 3.96. The van der Waals surface area contributed by atoms with Gasteiger partial charge in [0, 0.05) is 13.7 Å². The number of nitrogens with one attached hydrogen (secondary N) is 1. The number of carbonyl (C=O) groups excluding carboxylic acids is 1. The molecule has 2 unspecified atom stereocenters. The zero-order chi connectivity index (χ0) is 13.3. The second-order valence-corrected chi connectivity index (χ2v) is 3.67. The molecule has 0 fully saturated rings. The Hall–Kier alpha value is -1.40. The van der Waals surface area contributed by atoms with Crippen molar-refractivity contribution < 1.29 is 19.4 Å². The molecule has 0 heterocycles. The van der Waals surface area contributed by atoms with Crippen LogP contribution in [0.25, 0.3) is 0 Å². The molecule has 0 radical (unpaired) electrons. The first-order valence-corrected chi connectivity index (χ1v) is 5.41. The largest absolute Gasteiger partial charge is 0.480 e. The topological polar surface area (TPSA) is 102 Å². The summed E-state index contributed by atoms with van der Waals surface area (Å²) in [5, 5.41) is 11.2. The van der Waals surface area contributed by atoms with Gasteiger partial charge in [0.25, 0.3) is 0 Å². The molecule has 6 heteroatoms. The van der Waals surface area contributed by atoms with E-state index in [1.807, 2.05) is 0 Å². The molecule has 2 atom stereocenters. The van der Waals surface area contributed by atoms with Crippen molar-refractivity contribution in [3.63, 3.8) is 0 Å². The summed E-state index contributed by atoms with van der Waals surface area (Å²) in [6.07, 6.45) is 2.73. The van der Waals surface area contributed by atoms with E-state index < -0.39 is 24.0 Å². The van der Waals surface area contributed by atoms with Gasteiger partial charge in [-0.05, 0) is 19.3 Å². The van der Waals surface area contributed by atoms with Gasteiger partial charge in [0.05, 0.1) is 6.04 Å². The standard InChI is InChI=1S/C11H20N2O4/c1-3-5-9(11(15)16)13-10(14)8(12)6-4-7-17-2/h3,8-9H,1,4-7,12H2,2H3,(H,13,14)(H,15,16). The molecule has 0 aromatic heterocycles. The molecule has 0 spiro atoms. The molecule has 0 aliphatic carbocycles. The van der Waals surface area contributed by atoms with Gasteiger partial charge in [-0.15, -0.1) is 6.58 Å². The Morgan fingerprint density at radius 1 is 1.59 bits per heavy atom. The van der Waals surface area contributed by atoms with Gasteiger partial charge in [0.2, 0.25) is 5.91 Å². The molecule has 0 bridgehead atoms. The van der Waals surface area contributed by atoms with E-state index in [0.29, 0.717) is 19.4 Å². The molecule has 0 rings (SSSR count). The van der Waals surface area contributed by atoms with Crippen molar-refractivity contribution in [2.24, 2.45) is 5.73 Å². The second-order valence-electron chi connectivity index (χ2n) is 3.67. The lowest BCUT2D eigenvalue weighted by Gasteiger charge is -2.16. The minimum atomic E-state index is -1.10. The van der Waals surface area contributed by atoms with Crippen LogP contribution in [0.15, 0.2) is 12.7 Å². The van der Waals surface area contributed by atoms with Gasteiger partial charge in [-0.2, -0.15) is 0 Å². The predicted molar refractivity (Wildman–Crippen MR) is 63.5 cm³/mol. The van der Waals surface area contributed by atoms with Crippen LogP contribution in [0, 0.1) is 0 Å². The summed E-state index contributed by atoms with van der Waals surface area (Å²) in [5.41, 5.74) is 5.62. The number of carboxylic acids is 1. The van der Waals surface area contributed by atoms with E-state index >= 15 is 0 Å². The highest BCUT2D eigenvalue weighted by atomic mass is 16.5. The molecular weight excluding hydrogens is 224 g/mol. The van der Waals surface area contributed by atoms with Crippen molar-refractivity contribution in [3.8, 4) is 0 Å². The molecule has 6 nitrogen and oxygen atoms in total. The Morgan fingerprint density at radius 2 is 2.24 bits per heavy atom. The molecule has 0 aliphatic heterocycles. The molecule has 0 saturated carbocycles. The number of rotatable bonds is 9. The predicted octanol–water partition coefficient (Wildman–Crippen LogP) is -0.114. The Balaban J connectivity index is 4.11. The number of aliphatic carboxylic acids is 1. The number of methoxy groups -OCH3 is 1. The zero-order valence-electron chi connectivity index (χ0n) is 10.0. The summed E-state index contributed by atoms with van der Waals surface area (Å²) < 4.78 is 4.84. The van der Waals surface area contributed by atoms with E-state index in [1.54, 1.807) is 7.11 Å². The maximum atomic E-state index is 11.6. The van der Waals surface area contributed by atoms with E-state index in [9.17, 15) is 9.59 Å². The van der Waals surface area contributed by atoms with Crippen LogP contribution in [0.5, 0.6) is 0 Å². The van der Waals surface area contributed by atoms with Gasteiger partial charge in [-0.25, -0.2) is 4.79 Å². The van der Waals surface area contributed by atoms with Gasteiger partial charge in [0.15, 0.2) is 0 Å². The van der Waals surface area contributed by atoms with Gasteiger partial charge in [-0.1, -0.05) is 6.08 Å². The normalized spacial score (nSPS) is 13.8. The Bertz CT molecular complexity index is 268. The number of carbonyl (C=O) groups is 2. The van der Waals surface area contributed by atoms with E-state index in [1.165, 1.54) is 6.08 Å². The number of nitrogens with two attached hydrogens (primary N) is 1. The highest BCUT2D eigenvalue weighted by Crippen LogP contribution is 1.98. The monoisotopic (exact) mass is 244 g/mol. The third-order valence-electron chi connectivity index (χ3n) is 2.22. The van der Waals surface area contributed by atoms with Crippen molar-refractivity contribution in [1.82, 2.24) is 5.32 Å². The highest BCUT2D eigenvalue weighted by Gasteiger charge is 2.21. The third kappa shape index (κ3) is 6.70. The summed E-state index contributed by atoms with van der Waals surface area (Å²) in [5.74, 6) is -1.56. The van der Waals surface area contributed by atoms with Crippen LogP contribution in [0.2, 0.25) is 0 Å². The first kappa shape index (κ1) is 15.6. The van der Waals surface area contributed by atoms with Crippen molar-refractivity contribution in [3.05, 3.63) is 12.7 Å². The first-order chi connectivity index (χ1) is 8.02. The first-order valence-electron chi connectivity index (χ1n) is 5.41. The summed E-state index contributed by atoms with van der Waals surface area (Å²) in [4.78, 5) is 22.3. The molecule has 17 heavy (non-hydrogen) atoms. The van der Waals surface area contributed by atoms with Crippen LogP contribution in [0.1, 0.15) is 19.3 Å². The fraction of sp³-hybridized carbons (Fsp3) is 0.636. The van der Waals surface area contributed by atoms with Crippen molar-refractivity contribution in [1.29, 1.82) is 0 Å². The van der Waals surface area contributed by atoms with Gasteiger partial charge in [0.1, 0.15) is 6.04 Å². The quantitative estimate of drug-likeness (QED) is 0.388. The lowest BCUT2D eigenvalue weighted by molar-refractivity contribution is -0.141.